The van der Waals surface area contributed by atoms with Crippen molar-refractivity contribution in [1.29, 1.82) is 0 Å². The summed E-state index contributed by atoms with van der Waals surface area (Å²) in [7, 11) is 0. The van der Waals surface area contributed by atoms with Gasteiger partial charge in [0.1, 0.15) is 19.0 Å². The Kier molecular flexibility index (Phi) is 8.61. The molecule has 0 amide bonds. The largest absolute Gasteiger partial charge is 0.489 e. The van der Waals surface area contributed by atoms with E-state index in [4.69, 9.17) is 56.0 Å². The molecule has 0 aromatic heterocycles. The Morgan fingerprint density at radius 2 is 1.61 bits per heavy atom. The standard InChI is InChI=1S/C23H17Cl4NO3/c24-17-8-7-16(22(27)12-17)13-30-18-4-1-3-15(11-18)23(29)9-10-28-31-14-19-20(25)5-2-6-21(19)26/h1-8,10-12H,9,13-14H2/b28-10+. The lowest BCUT2D eigenvalue weighted by atomic mass is 10.1. The maximum atomic E-state index is 12.4. The molecule has 0 aliphatic rings. The van der Waals surface area contributed by atoms with Crippen LogP contribution in [0.15, 0.2) is 65.8 Å². The van der Waals surface area contributed by atoms with Crippen molar-refractivity contribution in [1.82, 2.24) is 0 Å². The second kappa shape index (κ2) is 11.4. The normalized spacial score (nSPS) is 11.0. The first-order valence-electron chi connectivity index (χ1n) is 9.20. The molecular weight excluding hydrogens is 480 g/mol. The zero-order chi connectivity index (χ0) is 22.2. The number of carbonyl (C=O) groups is 1. The topological polar surface area (TPSA) is 47.9 Å². The van der Waals surface area contributed by atoms with Crippen LogP contribution in [0.1, 0.15) is 27.9 Å². The Morgan fingerprint density at radius 1 is 0.871 bits per heavy atom. The fraction of sp³-hybridized carbons (Fsp3) is 0.130. The third kappa shape index (κ3) is 6.88. The maximum absolute atomic E-state index is 12.4. The molecule has 0 bridgehead atoms. The van der Waals surface area contributed by atoms with Gasteiger partial charge in [0, 0.05) is 43.2 Å². The molecule has 0 saturated heterocycles. The fourth-order valence-corrected chi connectivity index (χ4v) is 3.59. The molecule has 0 aliphatic heterocycles. The Hall–Kier alpha value is -2.24. The quantitative estimate of drug-likeness (QED) is 0.173. The van der Waals surface area contributed by atoms with Crippen molar-refractivity contribution in [3.05, 3.63) is 97.4 Å². The van der Waals surface area contributed by atoms with E-state index < -0.39 is 0 Å². The molecule has 3 aromatic carbocycles. The van der Waals surface area contributed by atoms with E-state index in [-0.39, 0.29) is 25.4 Å². The summed E-state index contributed by atoms with van der Waals surface area (Å²) in [5, 5.41) is 5.88. The number of benzene rings is 3. The molecule has 0 unspecified atom stereocenters. The summed E-state index contributed by atoms with van der Waals surface area (Å²) in [5.41, 5.74) is 1.94. The van der Waals surface area contributed by atoms with Crippen molar-refractivity contribution in [2.75, 3.05) is 0 Å². The monoisotopic (exact) mass is 495 g/mol. The highest BCUT2D eigenvalue weighted by Crippen LogP contribution is 2.25. The lowest BCUT2D eigenvalue weighted by molar-refractivity contribution is 0.0995. The van der Waals surface area contributed by atoms with Crippen LogP contribution in [-0.2, 0) is 18.1 Å². The minimum Gasteiger partial charge on any atom is -0.489 e. The highest BCUT2D eigenvalue weighted by atomic mass is 35.5. The first-order chi connectivity index (χ1) is 14.9. The molecule has 31 heavy (non-hydrogen) atoms. The Morgan fingerprint density at radius 3 is 2.35 bits per heavy atom. The van der Waals surface area contributed by atoms with Gasteiger partial charge in [-0.1, -0.05) is 75.8 Å². The zero-order valence-corrected chi connectivity index (χ0v) is 19.2. The second-order valence-corrected chi connectivity index (χ2v) is 8.10. The molecule has 0 atom stereocenters. The van der Waals surface area contributed by atoms with Crippen LogP contribution in [0.3, 0.4) is 0 Å². The van der Waals surface area contributed by atoms with Gasteiger partial charge in [-0.2, -0.15) is 0 Å². The number of nitrogens with zero attached hydrogens (tertiary/aromatic N) is 1. The lowest BCUT2D eigenvalue weighted by Crippen LogP contribution is -2.02. The molecule has 3 rings (SSSR count). The van der Waals surface area contributed by atoms with E-state index in [1.807, 2.05) is 0 Å². The van der Waals surface area contributed by atoms with Crippen LogP contribution in [0.25, 0.3) is 0 Å². The molecule has 0 fully saturated rings. The summed E-state index contributed by atoms with van der Waals surface area (Å²) in [5.74, 6) is 0.427. The molecule has 0 spiro atoms. The highest BCUT2D eigenvalue weighted by Gasteiger charge is 2.08. The number of oxime groups is 1. The predicted molar refractivity (Wildman–Crippen MR) is 126 cm³/mol. The van der Waals surface area contributed by atoms with E-state index >= 15 is 0 Å². The summed E-state index contributed by atoms with van der Waals surface area (Å²) in [6.07, 6.45) is 1.47. The molecule has 0 saturated carbocycles. The SMILES string of the molecule is O=C(C/C=N/OCc1c(Cl)cccc1Cl)c1cccc(OCc2ccc(Cl)cc2Cl)c1. The molecule has 8 heteroatoms. The number of rotatable bonds is 9. The smallest absolute Gasteiger partial charge is 0.168 e. The number of ketones is 1. The van der Waals surface area contributed by atoms with Gasteiger partial charge < -0.3 is 9.57 Å². The van der Waals surface area contributed by atoms with Gasteiger partial charge in [-0.05, 0) is 36.4 Å². The Bertz CT molecular complexity index is 1080. The Balaban J connectivity index is 1.52. The summed E-state index contributed by atoms with van der Waals surface area (Å²) in [6.45, 7) is 0.368. The van der Waals surface area contributed by atoms with Crippen LogP contribution in [0, 0.1) is 0 Å². The second-order valence-electron chi connectivity index (χ2n) is 6.44. The Labute approximate surface area is 200 Å². The van der Waals surface area contributed by atoms with Gasteiger partial charge in [0.15, 0.2) is 5.78 Å². The molecule has 3 aromatic rings. The molecule has 0 N–H and O–H groups in total. The maximum Gasteiger partial charge on any atom is 0.168 e. The molecular formula is C23H17Cl4NO3. The fourth-order valence-electron chi connectivity index (χ4n) is 2.62. The summed E-state index contributed by atoms with van der Waals surface area (Å²) < 4.78 is 5.75. The van der Waals surface area contributed by atoms with Crippen LogP contribution < -0.4 is 4.74 Å². The van der Waals surface area contributed by atoms with Crippen LogP contribution >= 0.6 is 46.4 Å². The molecule has 0 heterocycles. The minimum atomic E-state index is -0.127. The average Bonchev–Trinajstić information content (AvgIpc) is 2.75. The number of Topliss-reactive ketones (excluding diaryl/α,β-unsaturated/α-hetero) is 1. The summed E-state index contributed by atoms with van der Waals surface area (Å²) >= 11 is 24.2. The predicted octanol–water partition coefficient (Wildman–Crippen LogP) is 7.65. The van der Waals surface area contributed by atoms with Crippen molar-refractivity contribution in [3.63, 3.8) is 0 Å². The number of ether oxygens (including phenoxy) is 1. The van der Waals surface area contributed by atoms with Gasteiger partial charge in [-0.25, -0.2) is 0 Å². The number of hydrogen-bond acceptors (Lipinski definition) is 4. The van der Waals surface area contributed by atoms with E-state index in [1.165, 1.54) is 6.21 Å². The minimum absolute atomic E-state index is 0.0721. The zero-order valence-electron chi connectivity index (χ0n) is 16.2. The van der Waals surface area contributed by atoms with Crippen molar-refractivity contribution in [2.24, 2.45) is 5.16 Å². The van der Waals surface area contributed by atoms with Gasteiger partial charge in [0.25, 0.3) is 0 Å². The summed E-state index contributed by atoms with van der Waals surface area (Å²) in [6, 6.07) is 17.3. The van der Waals surface area contributed by atoms with Gasteiger partial charge in [-0.3, -0.25) is 4.79 Å². The van der Waals surface area contributed by atoms with Crippen LogP contribution in [0.4, 0.5) is 0 Å². The molecule has 4 nitrogen and oxygen atoms in total. The van der Waals surface area contributed by atoms with E-state index in [2.05, 4.69) is 5.16 Å². The first-order valence-corrected chi connectivity index (χ1v) is 10.7. The summed E-state index contributed by atoms with van der Waals surface area (Å²) in [4.78, 5) is 17.6. The van der Waals surface area contributed by atoms with Crippen LogP contribution in [0.5, 0.6) is 5.75 Å². The molecule has 0 aliphatic carbocycles. The van der Waals surface area contributed by atoms with Crippen molar-refractivity contribution < 1.29 is 14.4 Å². The van der Waals surface area contributed by atoms with Crippen molar-refractivity contribution in [3.8, 4) is 5.75 Å². The van der Waals surface area contributed by atoms with Gasteiger partial charge in [0.05, 0.1) is 6.21 Å². The number of carbonyl (C=O) groups excluding carboxylic acids is 1. The van der Waals surface area contributed by atoms with Crippen molar-refractivity contribution >= 4 is 58.4 Å². The number of halogens is 4. The third-order valence-electron chi connectivity index (χ3n) is 4.26. The van der Waals surface area contributed by atoms with E-state index in [0.29, 0.717) is 37.0 Å². The van der Waals surface area contributed by atoms with Gasteiger partial charge in [0.2, 0.25) is 0 Å². The number of hydrogen-bond donors (Lipinski definition) is 0. The van der Waals surface area contributed by atoms with Crippen molar-refractivity contribution in [2.45, 2.75) is 19.6 Å². The van der Waals surface area contributed by atoms with Crippen LogP contribution in [-0.4, -0.2) is 12.0 Å². The van der Waals surface area contributed by atoms with Crippen LogP contribution in [0.2, 0.25) is 20.1 Å². The average molecular weight is 497 g/mol. The van der Waals surface area contributed by atoms with E-state index in [0.717, 1.165) is 5.56 Å². The lowest BCUT2D eigenvalue weighted by Gasteiger charge is -2.09. The van der Waals surface area contributed by atoms with E-state index in [1.54, 1.807) is 60.7 Å². The molecule has 0 radical (unpaired) electrons. The van der Waals surface area contributed by atoms with Gasteiger partial charge >= 0.3 is 0 Å². The van der Waals surface area contributed by atoms with E-state index in [9.17, 15) is 4.79 Å². The first kappa shape index (κ1) is 23.4. The third-order valence-corrected chi connectivity index (χ3v) is 5.56. The highest BCUT2D eigenvalue weighted by molar-refractivity contribution is 6.36. The van der Waals surface area contributed by atoms with Gasteiger partial charge in [-0.15, -0.1) is 0 Å². The molecule has 160 valence electrons.